The molecule has 1 saturated carbocycles. The number of nitrogens with one attached hydrogen (secondary N) is 1. The molecule has 0 radical (unpaired) electrons. The van der Waals surface area contributed by atoms with Crippen molar-refractivity contribution in [3.05, 3.63) is 11.3 Å². The molecule has 0 aromatic rings. The van der Waals surface area contributed by atoms with Crippen LogP contribution in [-0.4, -0.2) is 43.0 Å². The fourth-order valence-corrected chi connectivity index (χ4v) is 7.07. The molecule has 0 bridgehead atoms. The third-order valence-corrected chi connectivity index (χ3v) is 8.64. The zero-order chi connectivity index (χ0) is 22.7. The molecule has 172 valence electrons. The topological polar surface area (TPSA) is 61.8 Å². The lowest BCUT2D eigenvalue weighted by Crippen LogP contribution is -2.48. The molecule has 1 N–H and O–H groups in total. The molecule has 2 atom stereocenters. The largest absolute Gasteiger partial charge is 0.332 e. The average Bonchev–Trinajstić information content (AvgIpc) is 3.19. The van der Waals surface area contributed by atoms with E-state index in [9.17, 15) is 8.42 Å². The van der Waals surface area contributed by atoms with Gasteiger partial charge in [-0.2, -0.15) is 0 Å². The molecular weight excluding hydrogens is 394 g/mol. The summed E-state index contributed by atoms with van der Waals surface area (Å²) in [6.45, 7) is 20.9. The number of hydrogen-bond donors (Lipinski definition) is 1. The van der Waals surface area contributed by atoms with E-state index in [0.717, 1.165) is 37.9 Å². The van der Waals surface area contributed by atoms with Gasteiger partial charge in [0.05, 0.1) is 11.3 Å². The summed E-state index contributed by atoms with van der Waals surface area (Å²) < 4.78 is 29.1. The molecule has 3 aliphatic rings. The van der Waals surface area contributed by atoms with E-state index in [1.54, 1.807) is 0 Å². The van der Waals surface area contributed by atoms with E-state index in [-0.39, 0.29) is 33.6 Å². The van der Waals surface area contributed by atoms with Gasteiger partial charge in [-0.3, -0.25) is 4.99 Å². The first-order valence-electron chi connectivity index (χ1n) is 11.6. The van der Waals surface area contributed by atoms with Crippen LogP contribution in [0.5, 0.6) is 0 Å². The average molecular weight is 438 g/mol. The maximum absolute atomic E-state index is 13.0. The second-order valence-electron chi connectivity index (χ2n) is 12.7. The molecule has 2 heterocycles. The summed E-state index contributed by atoms with van der Waals surface area (Å²) in [4.78, 5) is 7.67. The van der Waals surface area contributed by atoms with E-state index in [0.29, 0.717) is 6.54 Å². The summed E-state index contributed by atoms with van der Waals surface area (Å²) in [5.74, 6) is 1.09. The highest BCUT2D eigenvalue weighted by atomic mass is 32.2. The van der Waals surface area contributed by atoms with E-state index < -0.39 is 10.0 Å². The van der Waals surface area contributed by atoms with Gasteiger partial charge in [0.2, 0.25) is 10.0 Å². The zero-order valence-electron chi connectivity index (χ0n) is 20.6. The van der Waals surface area contributed by atoms with E-state index in [1.165, 1.54) is 11.3 Å². The first-order valence-corrected chi connectivity index (χ1v) is 13.2. The standard InChI is InChI=1S/C24H43N3O2S/c1-22(2,3)19-18-14-16(26-30(28,29)17-12-10-11-13-17)15-27(18)21(24(7,8)9)25-20(19)23(4,5)6/h16-17,20,26H,10-15H2,1-9H3. The molecule has 0 aromatic heterocycles. The van der Waals surface area contributed by atoms with Gasteiger partial charge in [0.1, 0.15) is 5.84 Å². The van der Waals surface area contributed by atoms with E-state index in [2.05, 4.69) is 71.9 Å². The van der Waals surface area contributed by atoms with Crippen molar-refractivity contribution in [3.63, 3.8) is 0 Å². The highest BCUT2D eigenvalue weighted by Gasteiger charge is 2.47. The Kier molecular flexibility index (Phi) is 6.03. The van der Waals surface area contributed by atoms with Crippen LogP contribution < -0.4 is 4.72 Å². The van der Waals surface area contributed by atoms with E-state index >= 15 is 0 Å². The number of hydrogen-bond acceptors (Lipinski definition) is 4. The minimum Gasteiger partial charge on any atom is -0.332 e. The Morgan fingerprint density at radius 3 is 1.97 bits per heavy atom. The van der Waals surface area contributed by atoms with Crippen molar-refractivity contribution in [3.8, 4) is 0 Å². The van der Waals surface area contributed by atoms with Gasteiger partial charge < -0.3 is 4.90 Å². The van der Waals surface area contributed by atoms with E-state index in [4.69, 9.17) is 4.99 Å². The summed E-state index contributed by atoms with van der Waals surface area (Å²) >= 11 is 0. The van der Waals surface area contributed by atoms with Gasteiger partial charge in [0, 0.05) is 30.1 Å². The van der Waals surface area contributed by atoms with Gasteiger partial charge in [0.25, 0.3) is 0 Å². The third kappa shape index (κ3) is 4.64. The highest BCUT2D eigenvalue weighted by Crippen LogP contribution is 2.47. The molecule has 3 rings (SSSR count). The number of nitrogens with zero attached hydrogens (tertiary/aromatic N) is 2. The van der Waals surface area contributed by atoms with Crippen LogP contribution in [0.3, 0.4) is 0 Å². The lowest BCUT2D eigenvalue weighted by Gasteiger charge is -2.45. The van der Waals surface area contributed by atoms with Crippen molar-refractivity contribution >= 4 is 15.9 Å². The number of aliphatic imine (C=N–C) groups is 1. The SMILES string of the molecule is CC(C)(C)C1=NC(C(C)(C)C)C(C(C)(C)C)=C2CC(NS(=O)(=O)C3CCCC3)CN12. The number of amidine groups is 1. The fraction of sp³-hybridized carbons (Fsp3) is 0.875. The Bertz CT molecular complexity index is 829. The van der Waals surface area contributed by atoms with E-state index in [1.807, 2.05) is 0 Å². The molecule has 5 nitrogen and oxygen atoms in total. The van der Waals surface area contributed by atoms with Crippen molar-refractivity contribution < 1.29 is 8.42 Å². The van der Waals surface area contributed by atoms with Gasteiger partial charge in [0.15, 0.2) is 0 Å². The Labute approximate surface area is 184 Å². The normalized spacial score (nSPS) is 27.0. The second-order valence-corrected chi connectivity index (χ2v) is 14.7. The lowest BCUT2D eigenvalue weighted by atomic mass is 9.70. The first-order chi connectivity index (χ1) is 13.5. The molecule has 1 aliphatic carbocycles. The Balaban J connectivity index is 2.02. The molecule has 0 spiro atoms. The van der Waals surface area contributed by atoms with Crippen molar-refractivity contribution in [2.75, 3.05) is 6.54 Å². The van der Waals surface area contributed by atoms with Crippen LogP contribution in [0.1, 0.15) is 94.4 Å². The molecule has 6 heteroatoms. The fourth-order valence-electron chi connectivity index (χ4n) is 5.30. The maximum atomic E-state index is 13.0. The van der Waals surface area contributed by atoms with Crippen LogP contribution in [0.4, 0.5) is 0 Å². The van der Waals surface area contributed by atoms with Gasteiger partial charge in [-0.15, -0.1) is 0 Å². The summed E-state index contributed by atoms with van der Waals surface area (Å²) in [6, 6.07) is 0.0115. The van der Waals surface area contributed by atoms with Gasteiger partial charge in [-0.25, -0.2) is 13.1 Å². The summed E-state index contributed by atoms with van der Waals surface area (Å²) in [5.41, 5.74) is 2.53. The first kappa shape index (κ1) is 23.8. The molecule has 2 unspecified atom stereocenters. The van der Waals surface area contributed by atoms with Crippen LogP contribution in [0.15, 0.2) is 16.3 Å². The van der Waals surface area contributed by atoms with Crippen LogP contribution in [0, 0.1) is 16.2 Å². The van der Waals surface area contributed by atoms with Crippen molar-refractivity contribution in [2.45, 2.75) is 112 Å². The van der Waals surface area contributed by atoms with Crippen LogP contribution >= 0.6 is 0 Å². The zero-order valence-corrected chi connectivity index (χ0v) is 21.4. The van der Waals surface area contributed by atoms with Crippen molar-refractivity contribution in [1.29, 1.82) is 0 Å². The van der Waals surface area contributed by atoms with Gasteiger partial charge in [-0.1, -0.05) is 75.2 Å². The molecule has 0 aromatic carbocycles. The second kappa shape index (κ2) is 7.61. The predicted octanol–water partition coefficient (Wildman–Crippen LogP) is 5.10. The summed E-state index contributed by atoms with van der Waals surface area (Å²) in [7, 11) is -3.27. The predicted molar refractivity (Wildman–Crippen MR) is 126 cm³/mol. The van der Waals surface area contributed by atoms with Crippen LogP contribution in [0.25, 0.3) is 0 Å². The Morgan fingerprint density at radius 2 is 1.50 bits per heavy atom. The van der Waals surface area contributed by atoms with Gasteiger partial charge >= 0.3 is 0 Å². The molecule has 1 saturated heterocycles. The molecule has 0 amide bonds. The third-order valence-electron chi connectivity index (χ3n) is 6.63. The minimum absolute atomic E-state index is 0.000355. The number of sulfonamides is 1. The molecule has 2 fully saturated rings. The number of fused-ring (bicyclic) bond motifs is 1. The summed E-state index contributed by atoms with van der Waals surface area (Å²) in [5, 5.41) is -0.218. The summed E-state index contributed by atoms with van der Waals surface area (Å²) in [6.07, 6.45) is 4.39. The minimum atomic E-state index is -3.27. The number of rotatable bonds is 3. The quantitative estimate of drug-likeness (QED) is 0.668. The molecular formula is C24H43N3O2S. The van der Waals surface area contributed by atoms with Crippen molar-refractivity contribution in [1.82, 2.24) is 9.62 Å². The maximum Gasteiger partial charge on any atom is 0.214 e. The monoisotopic (exact) mass is 437 g/mol. The Hall–Kier alpha value is -0.880. The Morgan fingerprint density at radius 1 is 0.933 bits per heavy atom. The highest BCUT2D eigenvalue weighted by molar-refractivity contribution is 7.90. The van der Waals surface area contributed by atoms with Crippen molar-refractivity contribution in [2.24, 2.45) is 21.2 Å². The van der Waals surface area contributed by atoms with Crippen LogP contribution in [0.2, 0.25) is 0 Å². The lowest BCUT2D eigenvalue weighted by molar-refractivity contribution is 0.285. The molecule has 2 aliphatic heterocycles. The van der Waals surface area contributed by atoms with Crippen LogP contribution in [-0.2, 0) is 10.0 Å². The molecule has 30 heavy (non-hydrogen) atoms. The van der Waals surface area contributed by atoms with Gasteiger partial charge in [-0.05, 0) is 29.2 Å². The smallest absolute Gasteiger partial charge is 0.214 e.